The first-order valence-corrected chi connectivity index (χ1v) is 11.3. The third-order valence-corrected chi connectivity index (χ3v) is 5.37. The minimum atomic E-state index is -0.197. The summed E-state index contributed by atoms with van der Waals surface area (Å²) in [4.78, 5) is 34.4. The van der Waals surface area contributed by atoms with Gasteiger partial charge in [-0.1, -0.05) is 24.3 Å². The fourth-order valence-corrected chi connectivity index (χ4v) is 3.23. The third kappa shape index (κ3) is 6.94. The highest BCUT2D eigenvalue weighted by Crippen LogP contribution is 2.30. The molecule has 0 atom stereocenters. The van der Waals surface area contributed by atoms with E-state index < -0.39 is 0 Å². The molecule has 0 aliphatic rings. The summed E-state index contributed by atoms with van der Waals surface area (Å²) in [6.45, 7) is 9.09. The number of aromatic nitrogens is 2. The largest absolute Gasteiger partial charge is 0.343 e. The zero-order valence-corrected chi connectivity index (χ0v) is 20.9. The zero-order valence-electron chi connectivity index (χ0n) is 20.9. The minimum absolute atomic E-state index is 0.197. The van der Waals surface area contributed by atoms with Crippen LogP contribution in [0, 0.1) is 13.8 Å². The number of guanidine groups is 1. The number of nitrogens with zero attached hydrogens (tertiary/aromatic N) is 6. The molecule has 0 saturated heterocycles. The summed E-state index contributed by atoms with van der Waals surface area (Å²) in [5.74, 6) is 0.793. The topological polar surface area (TPSA) is 98.1 Å². The first-order valence-electron chi connectivity index (χ1n) is 11.3. The van der Waals surface area contributed by atoms with Crippen LogP contribution in [0.5, 0.6) is 0 Å². The van der Waals surface area contributed by atoms with Crippen LogP contribution in [0.2, 0.25) is 0 Å². The van der Waals surface area contributed by atoms with E-state index in [0.717, 1.165) is 30.0 Å². The fourth-order valence-electron chi connectivity index (χ4n) is 3.23. The number of rotatable bonds is 8. The van der Waals surface area contributed by atoms with Crippen molar-refractivity contribution >= 4 is 41.5 Å². The first-order chi connectivity index (χ1) is 16.8. The van der Waals surface area contributed by atoms with Gasteiger partial charge < -0.3 is 20.4 Å². The highest BCUT2D eigenvalue weighted by Gasteiger charge is 2.14. The Morgan fingerprint density at radius 1 is 1.03 bits per heavy atom. The number of amides is 1. The van der Waals surface area contributed by atoms with Crippen LogP contribution < -0.4 is 10.6 Å². The van der Waals surface area contributed by atoms with Gasteiger partial charge in [-0.05, 0) is 64.5 Å². The number of hydrogen-bond acceptors (Lipinski definition) is 6. The summed E-state index contributed by atoms with van der Waals surface area (Å²) >= 11 is 0. The maximum atomic E-state index is 12.8. The van der Waals surface area contributed by atoms with Crippen molar-refractivity contribution in [3.8, 4) is 0 Å². The Morgan fingerprint density at radius 2 is 1.77 bits per heavy atom. The van der Waals surface area contributed by atoms with Crippen molar-refractivity contribution in [3.63, 3.8) is 0 Å². The van der Waals surface area contributed by atoms with E-state index >= 15 is 0 Å². The van der Waals surface area contributed by atoms with E-state index in [4.69, 9.17) is 4.99 Å². The van der Waals surface area contributed by atoms with Crippen molar-refractivity contribution in [2.45, 2.75) is 13.8 Å². The van der Waals surface area contributed by atoms with Crippen LogP contribution in [-0.4, -0.2) is 72.6 Å². The van der Waals surface area contributed by atoms with Crippen LogP contribution in [0.1, 0.15) is 21.6 Å². The van der Waals surface area contributed by atoms with Gasteiger partial charge in [0, 0.05) is 37.1 Å². The Morgan fingerprint density at radius 3 is 2.46 bits per heavy atom. The Balaban J connectivity index is 1.89. The second-order valence-electron chi connectivity index (χ2n) is 8.43. The maximum absolute atomic E-state index is 12.8. The summed E-state index contributed by atoms with van der Waals surface area (Å²) in [5.41, 5.74) is 4.21. The van der Waals surface area contributed by atoms with E-state index in [-0.39, 0.29) is 5.91 Å². The molecular formula is C26H32N8O. The minimum Gasteiger partial charge on any atom is -0.343 e. The molecule has 2 aromatic carbocycles. The molecule has 2 N–H and O–H groups in total. The molecular weight excluding hydrogens is 440 g/mol. The highest BCUT2D eigenvalue weighted by molar-refractivity contribution is 6.05. The molecule has 182 valence electrons. The molecule has 0 radical (unpaired) electrons. The molecule has 0 spiro atoms. The van der Waals surface area contributed by atoms with Crippen LogP contribution in [-0.2, 0) is 0 Å². The lowest BCUT2D eigenvalue weighted by Gasteiger charge is -2.21. The lowest BCUT2D eigenvalue weighted by molar-refractivity contribution is 0.102. The number of carbonyl (C=O) groups excluding carboxylic acids is 1. The van der Waals surface area contributed by atoms with Gasteiger partial charge in [0.1, 0.15) is 12.0 Å². The number of anilines is 3. The molecule has 0 aliphatic carbocycles. The number of nitrogens with one attached hydrogen (secondary N) is 2. The standard InChI is InChI=1S/C26H32N8O/c1-18-12-13-20(25(35)30-21-10-8-7-9-11-21)16-22(18)31-24-23(19(2)28-17-29-24)32-26(27-3)34(6)15-14-33(4)5/h7-13,16-17H,3,14-15H2,1-2,4-6H3,(H,30,35)(H,28,29,31)/b32-26+. The monoisotopic (exact) mass is 472 g/mol. The molecule has 1 heterocycles. The summed E-state index contributed by atoms with van der Waals surface area (Å²) in [6.07, 6.45) is 1.48. The second kappa shape index (κ2) is 11.8. The Kier molecular flexibility index (Phi) is 8.63. The lowest BCUT2D eigenvalue weighted by Crippen LogP contribution is -2.32. The van der Waals surface area contributed by atoms with Gasteiger partial charge in [0.05, 0.1) is 5.69 Å². The Hall–Kier alpha value is -4.11. The predicted octanol–water partition coefficient (Wildman–Crippen LogP) is 4.27. The SMILES string of the molecule is C=N/C(=N\c1c(C)ncnc1Nc1cc(C(=O)Nc2ccccc2)ccc1C)N(C)CCN(C)C. The van der Waals surface area contributed by atoms with Gasteiger partial charge >= 0.3 is 0 Å². The summed E-state index contributed by atoms with van der Waals surface area (Å²) in [5, 5.41) is 6.25. The smallest absolute Gasteiger partial charge is 0.255 e. The van der Waals surface area contributed by atoms with Gasteiger partial charge in [-0.2, -0.15) is 0 Å². The summed E-state index contributed by atoms with van der Waals surface area (Å²) in [6, 6.07) is 14.8. The Labute approximate surface area is 206 Å². The number of aliphatic imine (C=N–C) groups is 2. The number of hydrogen-bond donors (Lipinski definition) is 2. The Bertz CT molecular complexity index is 1210. The average Bonchev–Trinajstić information content (AvgIpc) is 2.84. The van der Waals surface area contributed by atoms with Crippen LogP contribution in [0.4, 0.5) is 22.9 Å². The zero-order chi connectivity index (χ0) is 25.4. The van der Waals surface area contributed by atoms with Crippen molar-refractivity contribution in [2.24, 2.45) is 9.98 Å². The van der Waals surface area contributed by atoms with Gasteiger partial charge in [-0.15, -0.1) is 0 Å². The molecule has 0 saturated carbocycles. The van der Waals surface area contributed by atoms with Crippen molar-refractivity contribution < 1.29 is 4.79 Å². The summed E-state index contributed by atoms with van der Waals surface area (Å²) in [7, 11) is 5.95. The molecule has 0 fully saturated rings. The van der Waals surface area contributed by atoms with Crippen LogP contribution in [0.25, 0.3) is 0 Å². The number of carbonyl (C=O) groups is 1. The molecule has 3 rings (SSSR count). The predicted molar refractivity (Wildman–Crippen MR) is 143 cm³/mol. The molecule has 1 aromatic heterocycles. The fraction of sp³-hybridized carbons (Fsp3) is 0.269. The van der Waals surface area contributed by atoms with Crippen molar-refractivity contribution in [3.05, 3.63) is 71.7 Å². The lowest BCUT2D eigenvalue weighted by atomic mass is 10.1. The normalized spacial score (nSPS) is 11.3. The van der Waals surface area contributed by atoms with Gasteiger partial charge in [0.25, 0.3) is 5.91 Å². The molecule has 9 nitrogen and oxygen atoms in total. The first kappa shape index (κ1) is 25.5. The molecule has 1 amide bonds. The quantitative estimate of drug-likeness (QED) is 0.375. The van der Waals surface area contributed by atoms with E-state index in [2.05, 4.69) is 37.2 Å². The van der Waals surface area contributed by atoms with E-state index in [9.17, 15) is 4.79 Å². The highest BCUT2D eigenvalue weighted by atomic mass is 16.1. The van der Waals surface area contributed by atoms with Crippen LogP contribution >= 0.6 is 0 Å². The van der Waals surface area contributed by atoms with Gasteiger partial charge in [-0.25, -0.2) is 20.0 Å². The van der Waals surface area contributed by atoms with Crippen molar-refractivity contribution in [2.75, 3.05) is 44.9 Å². The molecule has 0 unspecified atom stereocenters. The van der Waals surface area contributed by atoms with E-state index in [0.29, 0.717) is 28.7 Å². The number of para-hydroxylation sites is 1. The van der Waals surface area contributed by atoms with Gasteiger partial charge in [-0.3, -0.25) is 4.79 Å². The van der Waals surface area contributed by atoms with Crippen molar-refractivity contribution in [1.29, 1.82) is 0 Å². The number of likely N-dealkylation sites (N-methyl/N-ethyl adjacent to an activating group) is 2. The second-order valence-corrected chi connectivity index (χ2v) is 8.43. The maximum Gasteiger partial charge on any atom is 0.255 e. The average molecular weight is 473 g/mol. The molecule has 0 bridgehead atoms. The third-order valence-electron chi connectivity index (χ3n) is 5.37. The van der Waals surface area contributed by atoms with E-state index in [1.807, 2.05) is 76.3 Å². The molecule has 3 aromatic rings. The van der Waals surface area contributed by atoms with Gasteiger partial charge in [0.15, 0.2) is 5.82 Å². The van der Waals surface area contributed by atoms with Crippen LogP contribution in [0.3, 0.4) is 0 Å². The van der Waals surface area contributed by atoms with Crippen LogP contribution in [0.15, 0.2) is 64.8 Å². The molecule has 35 heavy (non-hydrogen) atoms. The summed E-state index contributed by atoms with van der Waals surface area (Å²) < 4.78 is 0. The van der Waals surface area contributed by atoms with Gasteiger partial charge in [0.2, 0.25) is 5.96 Å². The van der Waals surface area contributed by atoms with E-state index in [1.165, 1.54) is 6.33 Å². The molecule has 0 aliphatic heterocycles. The van der Waals surface area contributed by atoms with Crippen molar-refractivity contribution in [1.82, 2.24) is 19.8 Å². The number of aryl methyl sites for hydroxylation is 2. The van der Waals surface area contributed by atoms with E-state index in [1.54, 1.807) is 12.1 Å². The number of benzene rings is 2. The molecule has 9 heteroatoms.